The Morgan fingerprint density at radius 2 is 1.41 bits per heavy atom. The lowest BCUT2D eigenvalue weighted by molar-refractivity contribution is -0.136. The van der Waals surface area contributed by atoms with Gasteiger partial charge in [0.2, 0.25) is 0 Å². The molecule has 136 valence electrons. The molecule has 6 heteroatoms. The number of hydrogen-bond acceptors (Lipinski definition) is 5. The molecular weight excluding hydrogens is 344 g/mol. The van der Waals surface area contributed by atoms with Crippen molar-refractivity contribution in [1.82, 2.24) is 5.43 Å². The third kappa shape index (κ3) is 3.80. The minimum atomic E-state index is -1.92. The molecule has 3 aromatic rings. The topological polar surface area (TPSA) is 102 Å². The molecule has 0 saturated carbocycles. The summed E-state index contributed by atoms with van der Waals surface area (Å²) in [5, 5.41) is 33.9. The van der Waals surface area contributed by atoms with Crippen molar-refractivity contribution in [2.24, 2.45) is 5.10 Å². The summed E-state index contributed by atoms with van der Waals surface area (Å²) in [7, 11) is 0. The van der Waals surface area contributed by atoms with Crippen molar-refractivity contribution in [2.75, 3.05) is 0 Å². The van der Waals surface area contributed by atoms with Crippen molar-refractivity contribution in [3.05, 3.63) is 95.6 Å². The highest BCUT2D eigenvalue weighted by Crippen LogP contribution is 2.30. The molecule has 4 N–H and O–H groups in total. The van der Waals surface area contributed by atoms with Crippen LogP contribution in [0.25, 0.3) is 0 Å². The van der Waals surface area contributed by atoms with Gasteiger partial charge in [-0.15, -0.1) is 0 Å². The number of nitrogens with zero attached hydrogens (tertiary/aromatic N) is 1. The second kappa shape index (κ2) is 7.72. The number of carbonyl (C=O) groups excluding carboxylic acids is 1. The Labute approximate surface area is 156 Å². The number of nitrogens with one attached hydrogen (secondary N) is 1. The van der Waals surface area contributed by atoms with E-state index in [9.17, 15) is 20.1 Å². The Morgan fingerprint density at radius 3 is 1.93 bits per heavy atom. The second-order valence-electron chi connectivity index (χ2n) is 5.89. The normalized spacial score (nSPS) is 11.4. The SMILES string of the molecule is O=C(N/N=C\c1ccc(O)c(O)c1)C(O)(c1ccccc1)c1ccccc1. The van der Waals surface area contributed by atoms with E-state index in [2.05, 4.69) is 10.5 Å². The molecule has 0 spiro atoms. The van der Waals surface area contributed by atoms with Gasteiger partial charge in [-0.2, -0.15) is 5.10 Å². The summed E-state index contributed by atoms with van der Waals surface area (Å²) >= 11 is 0. The number of benzene rings is 3. The van der Waals surface area contributed by atoms with Crippen LogP contribution in [0.5, 0.6) is 11.5 Å². The molecular formula is C21H18N2O4. The highest BCUT2D eigenvalue weighted by atomic mass is 16.3. The summed E-state index contributed by atoms with van der Waals surface area (Å²) in [6, 6.07) is 21.3. The van der Waals surface area contributed by atoms with Crippen LogP contribution in [-0.2, 0) is 10.4 Å². The number of carbonyl (C=O) groups is 1. The summed E-state index contributed by atoms with van der Waals surface area (Å²) < 4.78 is 0. The third-order valence-electron chi connectivity index (χ3n) is 4.09. The third-order valence-corrected chi connectivity index (χ3v) is 4.09. The Morgan fingerprint density at radius 1 is 0.852 bits per heavy atom. The Kier molecular flexibility index (Phi) is 5.19. The zero-order chi connectivity index (χ0) is 19.3. The number of hydrazone groups is 1. The van der Waals surface area contributed by atoms with Gasteiger partial charge in [-0.1, -0.05) is 60.7 Å². The number of aliphatic hydroxyl groups is 1. The van der Waals surface area contributed by atoms with Gasteiger partial charge in [-0.3, -0.25) is 4.79 Å². The van der Waals surface area contributed by atoms with Gasteiger partial charge >= 0.3 is 0 Å². The molecule has 6 nitrogen and oxygen atoms in total. The lowest BCUT2D eigenvalue weighted by Gasteiger charge is -2.27. The van der Waals surface area contributed by atoms with Gasteiger partial charge in [0.05, 0.1) is 6.21 Å². The standard InChI is InChI=1S/C21H18N2O4/c24-18-12-11-15(13-19(18)25)14-22-23-20(26)21(27,16-7-3-1-4-8-16)17-9-5-2-6-10-17/h1-14,24-25,27H,(H,23,26)/b22-14-. The van der Waals surface area contributed by atoms with Crippen molar-refractivity contribution < 1.29 is 20.1 Å². The number of phenols is 2. The highest BCUT2D eigenvalue weighted by molar-refractivity contribution is 5.91. The molecule has 0 aromatic heterocycles. The van der Waals surface area contributed by atoms with E-state index in [-0.39, 0.29) is 11.5 Å². The van der Waals surface area contributed by atoms with Crippen LogP contribution in [0.2, 0.25) is 0 Å². The Hall–Kier alpha value is -3.64. The van der Waals surface area contributed by atoms with Crippen molar-refractivity contribution in [3.63, 3.8) is 0 Å². The van der Waals surface area contributed by atoms with Gasteiger partial charge in [0.25, 0.3) is 5.91 Å². The first-order valence-electron chi connectivity index (χ1n) is 8.20. The minimum absolute atomic E-state index is 0.251. The first-order valence-corrected chi connectivity index (χ1v) is 8.20. The molecule has 1 amide bonds. The number of rotatable bonds is 5. The lowest BCUT2D eigenvalue weighted by Crippen LogP contribution is -2.43. The van der Waals surface area contributed by atoms with E-state index in [4.69, 9.17) is 0 Å². The van der Waals surface area contributed by atoms with E-state index < -0.39 is 11.5 Å². The van der Waals surface area contributed by atoms with Gasteiger partial charge in [0.15, 0.2) is 17.1 Å². The molecule has 0 aliphatic rings. The predicted octanol–water partition coefficient (Wildman–Crippen LogP) is 2.48. The predicted molar refractivity (Wildman–Crippen MR) is 101 cm³/mol. The van der Waals surface area contributed by atoms with Crippen LogP contribution in [0, 0.1) is 0 Å². The van der Waals surface area contributed by atoms with E-state index in [1.807, 2.05) is 0 Å². The van der Waals surface area contributed by atoms with Gasteiger partial charge in [0.1, 0.15) is 0 Å². The molecule has 0 bridgehead atoms. The van der Waals surface area contributed by atoms with Gasteiger partial charge in [-0.25, -0.2) is 5.43 Å². The fourth-order valence-corrected chi connectivity index (χ4v) is 2.65. The average Bonchev–Trinajstić information content (AvgIpc) is 2.71. The van der Waals surface area contributed by atoms with Crippen molar-refractivity contribution in [1.29, 1.82) is 0 Å². The van der Waals surface area contributed by atoms with Crippen LogP contribution >= 0.6 is 0 Å². The van der Waals surface area contributed by atoms with Crippen LogP contribution < -0.4 is 5.43 Å². The van der Waals surface area contributed by atoms with E-state index in [0.717, 1.165) is 0 Å². The van der Waals surface area contributed by atoms with Gasteiger partial charge in [-0.05, 0) is 34.9 Å². The molecule has 27 heavy (non-hydrogen) atoms. The average molecular weight is 362 g/mol. The van der Waals surface area contributed by atoms with E-state index in [1.165, 1.54) is 24.4 Å². The molecule has 0 atom stereocenters. The second-order valence-corrected chi connectivity index (χ2v) is 5.89. The van der Waals surface area contributed by atoms with Gasteiger partial charge in [0, 0.05) is 0 Å². The first-order chi connectivity index (χ1) is 13.0. The van der Waals surface area contributed by atoms with Crippen LogP contribution in [0.4, 0.5) is 0 Å². The number of phenolic OH excluding ortho intramolecular Hbond substituents is 2. The molecule has 0 aliphatic carbocycles. The zero-order valence-electron chi connectivity index (χ0n) is 14.3. The molecule has 3 aromatic carbocycles. The summed E-state index contributed by atoms with van der Waals surface area (Å²) in [5.74, 6) is -1.27. The van der Waals surface area contributed by atoms with Gasteiger partial charge < -0.3 is 15.3 Å². The van der Waals surface area contributed by atoms with Crippen LogP contribution in [0.3, 0.4) is 0 Å². The van der Waals surface area contributed by atoms with Crippen LogP contribution in [0.15, 0.2) is 84.0 Å². The lowest BCUT2D eigenvalue weighted by atomic mass is 9.85. The van der Waals surface area contributed by atoms with E-state index in [1.54, 1.807) is 60.7 Å². The molecule has 0 heterocycles. The minimum Gasteiger partial charge on any atom is -0.504 e. The van der Waals surface area contributed by atoms with Crippen molar-refractivity contribution >= 4 is 12.1 Å². The summed E-state index contributed by atoms with van der Waals surface area (Å²) in [6.07, 6.45) is 1.30. The van der Waals surface area contributed by atoms with Crippen molar-refractivity contribution in [2.45, 2.75) is 5.60 Å². The number of amides is 1. The number of aromatic hydroxyl groups is 2. The first kappa shape index (κ1) is 18.2. The fraction of sp³-hybridized carbons (Fsp3) is 0.0476. The maximum Gasteiger partial charge on any atom is 0.281 e. The largest absolute Gasteiger partial charge is 0.504 e. The van der Waals surface area contributed by atoms with Crippen LogP contribution in [-0.4, -0.2) is 27.4 Å². The maximum atomic E-state index is 12.8. The summed E-state index contributed by atoms with van der Waals surface area (Å²) in [4.78, 5) is 12.8. The van der Waals surface area contributed by atoms with E-state index >= 15 is 0 Å². The quantitative estimate of drug-likeness (QED) is 0.318. The Balaban J connectivity index is 1.88. The smallest absolute Gasteiger partial charge is 0.281 e. The molecule has 0 radical (unpaired) electrons. The molecule has 0 fully saturated rings. The monoisotopic (exact) mass is 362 g/mol. The van der Waals surface area contributed by atoms with Crippen LogP contribution in [0.1, 0.15) is 16.7 Å². The maximum absolute atomic E-state index is 12.8. The van der Waals surface area contributed by atoms with E-state index in [0.29, 0.717) is 16.7 Å². The highest BCUT2D eigenvalue weighted by Gasteiger charge is 2.39. The fourth-order valence-electron chi connectivity index (χ4n) is 2.65. The molecule has 3 rings (SSSR count). The Bertz CT molecular complexity index is 917. The summed E-state index contributed by atoms with van der Waals surface area (Å²) in [5.41, 5.74) is 1.70. The zero-order valence-corrected chi connectivity index (χ0v) is 14.3. The molecule has 0 saturated heterocycles. The molecule has 0 aliphatic heterocycles. The molecule has 0 unspecified atom stereocenters. The van der Waals surface area contributed by atoms with Crippen molar-refractivity contribution in [3.8, 4) is 11.5 Å². The number of hydrogen-bond donors (Lipinski definition) is 4. The summed E-state index contributed by atoms with van der Waals surface area (Å²) in [6.45, 7) is 0.